The van der Waals surface area contributed by atoms with Crippen LogP contribution in [0.1, 0.15) is 19.3 Å². The van der Waals surface area contributed by atoms with Gasteiger partial charge < -0.3 is 15.0 Å². The lowest BCUT2D eigenvalue weighted by molar-refractivity contribution is -0.129. The summed E-state index contributed by atoms with van der Waals surface area (Å²) in [6.07, 6.45) is 3.85. The number of rotatable bonds is 4. The number of methoxy groups -OCH3 is 1. The number of amides is 1. The summed E-state index contributed by atoms with van der Waals surface area (Å²) in [5, 5.41) is 2.93. The number of nitrogens with one attached hydrogen (secondary N) is 1. The van der Waals surface area contributed by atoms with Crippen molar-refractivity contribution in [3.63, 3.8) is 0 Å². The lowest BCUT2D eigenvalue weighted by atomic mass is 9.63. The van der Waals surface area contributed by atoms with E-state index in [9.17, 15) is 4.79 Å². The molecule has 1 atom stereocenters. The van der Waals surface area contributed by atoms with E-state index in [2.05, 4.69) is 5.32 Å². The second-order valence-electron chi connectivity index (χ2n) is 5.17. The lowest BCUT2D eigenvalue weighted by Gasteiger charge is -2.42. The Morgan fingerprint density at radius 2 is 2.31 bits per heavy atom. The predicted octanol–water partition coefficient (Wildman–Crippen LogP) is 0.481. The Kier molecular flexibility index (Phi) is 3.50. The van der Waals surface area contributed by atoms with Crippen molar-refractivity contribution in [1.29, 1.82) is 0 Å². The second kappa shape index (κ2) is 4.72. The van der Waals surface area contributed by atoms with Crippen molar-refractivity contribution in [2.75, 3.05) is 40.4 Å². The monoisotopic (exact) mass is 226 g/mol. The van der Waals surface area contributed by atoms with E-state index in [1.165, 1.54) is 19.3 Å². The van der Waals surface area contributed by atoms with E-state index in [-0.39, 0.29) is 5.91 Å². The maximum Gasteiger partial charge on any atom is 0.236 e. The smallest absolute Gasteiger partial charge is 0.236 e. The summed E-state index contributed by atoms with van der Waals surface area (Å²) in [4.78, 5) is 13.9. The first kappa shape index (κ1) is 11.9. The Labute approximate surface area is 97.3 Å². The van der Waals surface area contributed by atoms with Gasteiger partial charge in [-0.2, -0.15) is 0 Å². The van der Waals surface area contributed by atoms with E-state index in [1.54, 1.807) is 7.11 Å². The van der Waals surface area contributed by atoms with E-state index >= 15 is 0 Å². The molecule has 1 N–H and O–H groups in total. The van der Waals surface area contributed by atoms with Gasteiger partial charge in [-0.05, 0) is 25.3 Å². The first-order chi connectivity index (χ1) is 7.72. The minimum absolute atomic E-state index is 0.229. The van der Waals surface area contributed by atoms with Crippen LogP contribution < -0.4 is 5.32 Å². The van der Waals surface area contributed by atoms with E-state index < -0.39 is 0 Å². The molecule has 1 heterocycles. The Morgan fingerprint density at radius 1 is 1.56 bits per heavy atom. The van der Waals surface area contributed by atoms with E-state index in [0.717, 1.165) is 19.7 Å². The zero-order valence-electron chi connectivity index (χ0n) is 10.3. The minimum Gasteiger partial charge on any atom is -0.384 e. The van der Waals surface area contributed by atoms with Crippen LogP contribution in [0.25, 0.3) is 0 Å². The highest BCUT2D eigenvalue weighted by atomic mass is 16.5. The van der Waals surface area contributed by atoms with Gasteiger partial charge in [0, 0.05) is 26.1 Å². The first-order valence-electron chi connectivity index (χ1n) is 6.13. The van der Waals surface area contributed by atoms with Gasteiger partial charge in [-0.15, -0.1) is 0 Å². The molecule has 0 aromatic rings. The van der Waals surface area contributed by atoms with Crippen LogP contribution in [0.2, 0.25) is 0 Å². The zero-order chi connectivity index (χ0) is 11.6. The fourth-order valence-electron chi connectivity index (χ4n) is 3.11. The number of carbonyl (C=O) groups is 1. The molecule has 2 rings (SSSR count). The number of ether oxygens (including phenoxy) is 1. The lowest BCUT2D eigenvalue weighted by Crippen LogP contribution is -2.40. The summed E-state index contributed by atoms with van der Waals surface area (Å²) >= 11 is 0. The summed E-state index contributed by atoms with van der Waals surface area (Å²) in [5.74, 6) is 0.777. The van der Waals surface area contributed by atoms with Gasteiger partial charge in [0.1, 0.15) is 0 Å². The van der Waals surface area contributed by atoms with Crippen LogP contribution in [-0.4, -0.2) is 51.2 Å². The van der Waals surface area contributed by atoms with E-state index in [1.807, 2.05) is 11.9 Å². The van der Waals surface area contributed by atoms with Gasteiger partial charge in [0.25, 0.3) is 0 Å². The molecule has 4 nitrogen and oxygen atoms in total. The fraction of sp³-hybridized carbons (Fsp3) is 0.917. The summed E-state index contributed by atoms with van der Waals surface area (Å²) < 4.78 is 5.29. The van der Waals surface area contributed by atoms with Crippen molar-refractivity contribution >= 4 is 5.91 Å². The summed E-state index contributed by atoms with van der Waals surface area (Å²) in [5.41, 5.74) is 0.388. The topological polar surface area (TPSA) is 41.6 Å². The van der Waals surface area contributed by atoms with Crippen LogP contribution in [-0.2, 0) is 9.53 Å². The Balaban J connectivity index is 1.98. The minimum atomic E-state index is 0.229. The van der Waals surface area contributed by atoms with E-state index in [4.69, 9.17) is 4.74 Å². The standard InChI is InChI=1S/C12H22N2O2/c1-13-6-11(15)14-7-10(8-16-2)12(9-14)4-3-5-12/h10,13H,3-9H2,1-2H3. The van der Waals surface area contributed by atoms with Gasteiger partial charge in [-0.25, -0.2) is 0 Å². The summed E-state index contributed by atoms with van der Waals surface area (Å²) in [7, 11) is 3.57. The van der Waals surface area contributed by atoms with Gasteiger partial charge in [0.2, 0.25) is 5.91 Å². The largest absolute Gasteiger partial charge is 0.384 e. The molecule has 0 radical (unpaired) electrons. The Morgan fingerprint density at radius 3 is 2.81 bits per heavy atom. The molecular formula is C12H22N2O2. The molecule has 1 spiro atoms. The molecule has 1 amide bonds. The summed E-state index contributed by atoms with van der Waals surface area (Å²) in [6.45, 7) is 3.08. The molecule has 1 saturated heterocycles. The quantitative estimate of drug-likeness (QED) is 0.758. The molecule has 2 aliphatic rings. The van der Waals surface area contributed by atoms with Gasteiger partial charge >= 0.3 is 0 Å². The van der Waals surface area contributed by atoms with Gasteiger partial charge in [-0.3, -0.25) is 4.79 Å². The van der Waals surface area contributed by atoms with Crippen molar-refractivity contribution in [3.8, 4) is 0 Å². The fourth-order valence-corrected chi connectivity index (χ4v) is 3.11. The van der Waals surface area contributed by atoms with Gasteiger partial charge in [0.15, 0.2) is 0 Å². The van der Waals surface area contributed by atoms with Crippen LogP contribution in [0.3, 0.4) is 0 Å². The van der Waals surface area contributed by atoms with Crippen LogP contribution in [0.5, 0.6) is 0 Å². The van der Waals surface area contributed by atoms with Crippen molar-refractivity contribution in [1.82, 2.24) is 10.2 Å². The van der Waals surface area contributed by atoms with Crippen LogP contribution in [0.15, 0.2) is 0 Å². The number of nitrogens with zero attached hydrogens (tertiary/aromatic N) is 1. The average molecular weight is 226 g/mol. The normalized spacial score (nSPS) is 27.1. The molecule has 92 valence electrons. The number of likely N-dealkylation sites (tertiary alicyclic amines) is 1. The number of likely N-dealkylation sites (N-methyl/N-ethyl adjacent to an activating group) is 1. The SMILES string of the molecule is CNCC(=O)N1CC(COC)C2(CCC2)C1. The molecule has 1 aliphatic heterocycles. The molecule has 0 aromatic heterocycles. The van der Waals surface area contributed by atoms with Crippen LogP contribution in [0, 0.1) is 11.3 Å². The van der Waals surface area contributed by atoms with Crippen molar-refractivity contribution in [3.05, 3.63) is 0 Å². The molecular weight excluding hydrogens is 204 g/mol. The Hall–Kier alpha value is -0.610. The first-order valence-corrected chi connectivity index (χ1v) is 6.13. The van der Waals surface area contributed by atoms with Crippen molar-refractivity contribution in [2.24, 2.45) is 11.3 Å². The molecule has 1 unspecified atom stereocenters. The third-order valence-electron chi connectivity index (χ3n) is 4.21. The van der Waals surface area contributed by atoms with Crippen molar-refractivity contribution in [2.45, 2.75) is 19.3 Å². The average Bonchev–Trinajstić information content (AvgIpc) is 2.58. The maximum atomic E-state index is 11.8. The number of carbonyl (C=O) groups excluding carboxylic acids is 1. The van der Waals surface area contributed by atoms with Crippen LogP contribution in [0.4, 0.5) is 0 Å². The second-order valence-corrected chi connectivity index (χ2v) is 5.17. The number of hydrogen-bond acceptors (Lipinski definition) is 3. The number of hydrogen-bond donors (Lipinski definition) is 1. The summed E-state index contributed by atoms with van der Waals surface area (Å²) in [6, 6.07) is 0. The maximum absolute atomic E-state index is 11.8. The van der Waals surface area contributed by atoms with E-state index in [0.29, 0.717) is 17.9 Å². The highest BCUT2D eigenvalue weighted by Crippen LogP contribution is 2.51. The van der Waals surface area contributed by atoms with Crippen LogP contribution >= 0.6 is 0 Å². The van der Waals surface area contributed by atoms with Gasteiger partial charge in [-0.1, -0.05) is 6.42 Å². The zero-order valence-corrected chi connectivity index (χ0v) is 10.3. The molecule has 4 heteroatoms. The third kappa shape index (κ3) is 1.96. The predicted molar refractivity (Wildman–Crippen MR) is 62.2 cm³/mol. The third-order valence-corrected chi connectivity index (χ3v) is 4.21. The molecule has 1 saturated carbocycles. The highest BCUT2D eigenvalue weighted by molar-refractivity contribution is 5.78. The van der Waals surface area contributed by atoms with Gasteiger partial charge in [0.05, 0.1) is 13.2 Å². The Bertz CT molecular complexity index is 264. The molecule has 16 heavy (non-hydrogen) atoms. The molecule has 0 bridgehead atoms. The van der Waals surface area contributed by atoms with Crippen molar-refractivity contribution < 1.29 is 9.53 Å². The molecule has 2 fully saturated rings. The molecule has 0 aromatic carbocycles. The highest BCUT2D eigenvalue weighted by Gasteiger charge is 2.50. The molecule has 1 aliphatic carbocycles.